The van der Waals surface area contributed by atoms with Gasteiger partial charge in [-0.15, -0.1) is 0 Å². The lowest BCUT2D eigenvalue weighted by Crippen LogP contribution is -2.27. The van der Waals surface area contributed by atoms with E-state index >= 15 is 0 Å². The molecule has 1 atom stereocenters. The average Bonchev–Trinajstić information content (AvgIpc) is 2.05. The van der Waals surface area contributed by atoms with Crippen LogP contribution in [0.5, 0.6) is 0 Å². The Bertz CT molecular complexity index is 212. The Hall–Kier alpha value is -1.27. The molecule has 0 spiro atoms. The van der Waals surface area contributed by atoms with Crippen LogP contribution in [0.15, 0.2) is 23.9 Å². The molecule has 1 heterocycles. The lowest BCUT2D eigenvalue weighted by atomic mass is 10.1. The Morgan fingerprint density at radius 3 is 3.00 bits per heavy atom. The van der Waals surface area contributed by atoms with Gasteiger partial charge in [0.2, 0.25) is 0 Å². The standard InChI is InChI=1S/C7H8N2O/c8-3-6-1-2-7(5-10)9-4-6/h1-2,4,7,9-10H,5H2. The minimum Gasteiger partial charge on any atom is -0.394 e. The maximum atomic E-state index is 8.62. The Balaban J connectivity index is 2.57. The fraction of sp³-hybridized carbons (Fsp3) is 0.286. The number of rotatable bonds is 1. The van der Waals surface area contributed by atoms with Gasteiger partial charge in [0.05, 0.1) is 18.2 Å². The smallest absolute Gasteiger partial charge is 0.101 e. The summed E-state index contributed by atoms with van der Waals surface area (Å²) in [5.41, 5.74) is 0.588. The van der Waals surface area contributed by atoms with E-state index in [2.05, 4.69) is 5.32 Å². The number of aliphatic hydroxyl groups excluding tert-OH is 1. The largest absolute Gasteiger partial charge is 0.394 e. The molecular formula is C7H8N2O. The van der Waals surface area contributed by atoms with Gasteiger partial charge in [-0.25, -0.2) is 0 Å². The van der Waals surface area contributed by atoms with Crippen LogP contribution in [-0.2, 0) is 0 Å². The summed E-state index contributed by atoms with van der Waals surface area (Å²) in [4.78, 5) is 0. The normalized spacial score (nSPS) is 22.8. The first-order chi connectivity index (χ1) is 4.86. The SMILES string of the molecule is N#CC1=CNC(CO)C=C1. The van der Waals surface area contributed by atoms with Crippen molar-refractivity contribution in [2.75, 3.05) is 6.61 Å². The summed E-state index contributed by atoms with van der Waals surface area (Å²) in [6.45, 7) is 0.0612. The van der Waals surface area contributed by atoms with Gasteiger partial charge in [-0.2, -0.15) is 5.26 Å². The Morgan fingerprint density at radius 1 is 1.80 bits per heavy atom. The highest BCUT2D eigenvalue weighted by Crippen LogP contribution is 2.01. The molecule has 0 saturated heterocycles. The van der Waals surface area contributed by atoms with Crippen LogP contribution < -0.4 is 5.32 Å². The van der Waals surface area contributed by atoms with E-state index in [0.717, 1.165) is 0 Å². The highest BCUT2D eigenvalue weighted by atomic mass is 16.3. The zero-order valence-electron chi connectivity index (χ0n) is 5.41. The molecule has 0 amide bonds. The van der Waals surface area contributed by atoms with Crippen LogP contribution >= 0.6 is 0 Å². The molecule has 10 heavy (non-hydrogen) atoms. The summed E-state index contributed by atoms with van der Waals surface area (Å²) in [6.07, 6.45) is 5.05. The summed E-state index contributed by atoms with van der Waals surface area (Å²) in [7, 11) is 0. The van der Waals surface area contributed by atoms with Gasteiger partial charge in [0, 0.05) is 6.20 Å². The van der Waals surface area contributed by atoms with Crippen molar-refractivity contribution in [2.24, 2.45) is 0 Å². The lowest BCUT2D eigenvalue weighted by molar-refractivity contribution is 0.272. The van der Waals surface area contributed by atoms with E-state index in [1.807, 2.05) is 6.07 Å². The van der Waals surface area contributed by atoms with Crippen LogP contribution in [-0.4, -0.2) is 17.8 Å². The molecule has 3 heteroatoms. The minimum atomic E-state index is -0.0305. The molecule has 0 fully saturated rings. The molecule has 1 aliphatic heterocycles. The van der Waals surface area contributed by atoms with Crippen molar-refractivity contribution in [3.8, 4) is 6.07 Å². The molecule has 3 nitrogen and oxygen atoms in total. The predicted molar refractivity (Wildman–Crippen MR) is 36.8 cm³/mol. The van der Waals surface area contributed by atoms with Crippen molar-refractivity contribution in [2.45, 2.75) is 6.04 Å². The number of nitrogens with zero attached hydrogens (tertiary/aromatic N) is 1. The summed E-state index contributed by atoms with van der Waals surface area (Å²) in [5, 5.41) is 19.9. The fourth-order valence-electron chi connectivity index (χ4n) is 0.703. The first-order valence-electron chi connectivity index (χ1n) is 3.02. The van der Waals surface area contributed by atoms with Gasteiger partial charge in [0.15, 0.2) is 0 Å². The van der Waals surface area contributed by atoms with Gasteiger partial charge in [-0.05, 0) is 6.08 Å². The molecule has 0 aliphatic carbocycles. The molecular weight excluding hydrogens is 128 g/mol. The number of hydrogen-bond acceptors (Lipinski definition) is 3. The van der Waals surface area contributed by atoms with Crippen molar-refractivity contribution in [1.29, 1.82) is 5.26 Å². The highest BCUT2D eigenvalue weighted by Gasteiger charge is 2.03. The van der Waals surface area contributed by atoms with E-state index in [4.69, 9.17) is 10.4 Å². The maximum Gasteiger partial charge on any atom is 0.101 e. The predicted octanol–water partition coefficient (Wildman–Crippen LogP) is -0.0858. The Morgan fingerprint density at radius 2 is 2.60 bits per heavy atom. The molecule has 52 valence electrons. The van der Waals surface area contributed by atoms with Crippen LogP contribution in [0.25, 0.3) is 0 Å². The molecule has 1 aliphatic rings. The van der Waals surface area contributed by atoms with Crippen molar-refractivity contribution >= 4 is 0 Å². The van der Waals surface area contributed by atoms with Crippen LogP contribution in [0.3, 0.4) is 0 Å². The zero-order valence-corrected chi connectivity index (χ0v) is 5.41. The van der Waals surface area contributed by atoms with E-state index in [0.29, 0.717) is 5.57 Å². The summed E-state index contributed by atoms with van der Waals surface area (Å²) < 4.78 is 0. The Kier molecular flexibility index (Phi) is 2.08. The molecule has 1 rings (SSSR count). The van der Waals surface area contributed by atoms with Gasteiger partial charge in [-0.3, -0.25) is 0 Å². The summed E-state index contributed by atoms with van der Waals surface area (Å²) in [5.74, 6) is 0. The third-order valence-corrected chi connectivity index (χ3v) is 1.29. The average molecular weight is 136 g/mol. The van der Waals surface area contributed by atoms with E-state index in [1.54, 1.807) is 18.4 Å². The monoisotopic (exact) mass is 136 g/mol. The van der Waals surface area contributed by atoms with Crippen LogP contribution in [0.1, 0.15) is 0 Å². The van der Waals surface area contributed by atoms with Crippen LogP contribution in [0.2, 0.25) is 0 Å². The second-order valence-electron chi connectivity index (χ2n) is 2.03. The van der Waals surface area contributed by atoms with Crippen molar-refractivity contribution < 1.29 is 5.11 Å². The second kappa shape index (κ2) is 3.04. The lowest BCUT2D eigenvalue weighted by Gasteiger charge is -2.12. The van der Waals surface area contributed by atoms with Gasteiger partial charge < -0.3 is 10.4 Å². The van der Waals surface area contributed by atoms with Gasteiger partial charge in [0.25, 0.3) is 0 Å². The van der Waals surface area contributed by atoms with E-state index in [1.165, 1.54) is 0 Å². The Labute approximate surface area is 59.3 Å². The quantitative estimate of drug-likeness (QED) is 0.530. The number of dihydropyridines is 1. The van der Waals surface area contributed by atoms with Crippen molar-refractivity contribution in [3.05, 3.63) is 23.9 Å². The first kappa shape index (κ1) is 6.84. The second-order valence-corrected chi connectivity index (χ2v) is 2.03. The fourth-order valence-corrected chi connectivity index (χ4v) is 0.703. The number of aliphatic hydroxyl groups is 1. The van der Waals surface area contributed by atoms with E-state index < -0.39 is 0 Å². The maximum absolute atomic E-state index is 8.62. The number of nitriles is 1. The van der Waals surface area contributed by atoms with Gasteiger partial charge in [-0.1, -0.05) is 6.08 Å². The number of allylic oxidation sites excluding steroid dienone is 2. The minimum absolute atomic E-state index is 0.0305. The van der Waals surface area contributed by atoms with E-state index in [-0.39, 0.29) is 12.6 Å². The first-order valence-corrected chi connectivity index (χ1v) is 3.02. The number of hydrogen-bond donors (Lipinski definition) is 2. The molecule has 2 N–H and O–H groups in total. The third kappa shape index (κ3) is 1.36. The van der Waals surface area contributed by atoms with Gasteiger partial charge in [0.1, 0.15) is 6.07 Å². The molecule has 0 aromatic heterocycles. The molecule has 0 aromatic rings. The molecule has 0 radical (unpaired) electrons. The summed E-state index contributed by atoms with van der Waals surface area (Å²) in [6, 6.07) is 1.95. The molecule has 0 aromatic carbocycles. The number of nitrogens with one attached hydrogen (secondary N) is 1. The highest BCUT2D eigenvalue weighted by molar-refractivity contribution is 5.35. The van der Waals surface area contributed by atoms with Gasteiger partial charge >= 0.3 is 0 Å². The van der Waals surface area contributed by atoms with E-state index in [9.17, 15) is 0 Å². The van der Waals surface area contributed by atoms with Crippen molar-refractivity contribution in [3.63, 3.8) is 0 Å². The molecule has 0 saturated carbocycles. The topological polar surface area (TPSA) is 56.0 Å². The summed E-state index contributed by atoms with van der Waals surface area (Å²) >= 11 is 0. The molecule has 1 unspecified atom stereocenters. The van der Waals surface area contributed by atoms with Crippen LogP contribution in [0, 0.1) is 11.3 Å². The zero-order chi connectivity index (χ0) is 7.40. The third-order valence-electron chi connectivity index (χ3n) is 1.29. The van der Waals surface area contributed by atoms with Crippen LogP contribution in [0.4, 0.5) is 0 Å². The van der Waals surface area contributed by atoms with Crippen molar-refractivity contribution in [1.82, 2.24) is 5.32 Å². The molecule has 0 bridgehead atoms.